The molecule has 1 aromatic carbocycles. The van der Waals surface area contributed by atoms with Gasteiger partial charge in [-0.15, -0.1) is 0 Å². The largest absolute Gasteiger partial charge is 0.350 e. The van der Waals surface area contributed by atoms with Crippen molar-refractivity contribution in [1.82, 2.24) is 14.9 Å². The molecule has 0 aliphatic heterocycles. The number of carbonyl (C=O) groups excluding carboxylic acids is 2. The number of hydrogen-bond acceptors (Lipinski definition) is 3. The van der Waals surface area contributed by atoms with Gasteiger partial charge < -0.3 is 9.88 Å². The molecule has 0 bridgehead atoms. The maximum absolute atomic E-state index is 12.4. The number of nitrogens with zero attached hydrogens (tertiary/aromatic N) is 2. The highest BCUT2D eigenvalue weighted by molar-refractivity contribution is 6.10. The van der Waals surface area contributed by atoms with Gasteiger partial charge in [0.2, 0.25) is 5.91 Å². The minimum atomic E-state index is -0.124. The Hall–Kier alpha value is -2.69. The molecule has 1 aromatic heterocycles. The summed E-state index contributed by atoms with van der Waals surface area (Å²) in [6, 6.07) is 9.86. The number of allylic oxidation sites excluding steroid dienone is 1. The summed E-state index contributed by atoms with van der Waals surface area (Å²) in [6.07, 6.45) is 4.91. The van der Waals surface area contributed by atoms with Crippen LogP contribution in [0.4, 0.5) is 0 Å². The standard InChI is InChI=1S/C21H25N3O2/c1-15(2)13-24-14-22-11-17(24)12-23-21(26)10-19-18(8-9-20(19)25)16-6-4-3-5-7-16/h3-7,11,14-15H,8-10,12-13H2,1-2H3,(H,23,26). The molecule has 3 rings (SSSR count). The molecule has 0 atom stereocenters. The summed E-state index contributed by atoms with van der Waals surface area (Å²) in [7, 11) is 0. The number of imidazole rings is 1. The van der Waals surface area contributed by atoms with Crippen molar-refractivity contribution < 1.29 is 9.59 Å². The number of aromatic nitrogens is 2. The molecule has 0 saturated carbocycles. The van der Waals surface area contributed by atoms with Crippen molar-refractivity contribution in [3.05, 3.63) is 59.7 Å². The fraction of sp³-hybridized carbons (Fsp3) is 0.381. The van der Waals surface area contributed by atoms with Crippen LogP contribution in [0.1, 0.15) is 44.4 Å². The molecular weight excluding hydrogens is 326 g/mol. The Balaban J connectivity index is 1.66. The first kappa shape index (κ1) is 18.1. The number of ketones is 1. The van der Waals surface area contributed by atoms with Gasteiger partial charge in [0.1, 0.15) is 0 Å². The SMILES string of the molecule is CC(C)Cn1cncc1CNC(=O)CC1=C(c2ccccc2)CCC1=O. The lowest BCUT2D eigenvalue weighted by molar-refractivity contribution is -0.122. The average Bonchev–Trinajstić information content (AvgIpc) is 3.20. The number of hydrogen-bond donors (Lipinski definition) is 1. The Kier molecular flexibility index (Phi) is 5.66. The van der Waals surface area contributed by atoms with E-state index in [1.54, 1.807) is 12.5 Å². The van der Waals surface area contributed by atoms with Crippen molar-refractivity contribution in [2.24, 2.45) is 5.92 Å². The number of amides is 1. The van der Waals surface area contributed by atoms with E-state index in [4.69, 9.17) is 0 Å². The first-order valence-electron chi connectivity index (χ1n) is 9.11. The summed E-state index contributed by atoms with van der Waals surface area (Å²) in [5.41, 5.74) is 3.68. The van der Waals surface area contributed by atoms with Crippen molar-refractivity contribution in [1.29, 1.82) is 0 Å². The zero-order valence-electron chi connectivity index (χ0n) is 15.4. The number of benzene rings is 1. The van der Waals surface area contributed by atoms with Gasteiger partial charge in [-0.1, -0.05) is 44.2 Å². The fourth-order valence-electron chi connectivity index (χ4n) is 3.34. The van der Waals surface area contributed by atoms with Gasteiger partial charge >= 0.3 is 0 Å². The van der Waals surface area contributed by atoms with E-state index in [-0.39, 0.29) is 18.1 Å². The second-order valence-corrected chi connectivity index (χ2v) is 7.13. The maximum atomic E-state index is 12.4. The van der Waals surface area contributed by atoms with Gasteiger partial charge in [-0.25, -0.2) is 4.98 Å². The fourth-order valence-corrected chi connectivity index (χ4v) is 3.34. The van der Waals surface area contributed by atoms with Crippen LogP contribution in [-0.4, -0.2) is 21.2 Å². The second-order valence-electron chi connectivity index (χ2n) is 7.13. The van der Waals surface area contributed by atoms with Gasteiger partial charge in [0, 0.05) is 24.7 Å². The third-order valence-corrected chi connectivity index (χ3v) is 4.59. The van der Waals surface area contributed by atoms with Crippen LogP contribution in [0.5, 0.6) is 0 Å². The molecule has 1 aliphatic carbocycles. The highest BCUT2D eigenvalue weighted by Gasteiger charge is 2.25. The Morgan fingerprint density at radius 3 is 2.73 bits per heavy atom. The summed E-state index contributed by atoms with van der Waals surface area (Å²) >= 11 is 0. The number of nitrogens with one attached hydrogen (secondary N) is 1. The Morgan fingerprint density at radius 1 is 1.23 bits per heavy atom. The molecule has 0 unspecified atom stereocenters. The van der Waals surface area contributed by atoms with Crippen molar-refractivity contribution in [2.45, 2.75) is 46.2 Å². The van der Waals surface area contributed by atoms with E-state index >= 15 is 0 Å². The molecule has 1 heterocycles. The topological polar surface area (TPSA) is 64.0 Å². The average molecular weight is 351 g/mol. The molecule has 2 aromatic rings. The predicted molar refractivity (Wildman–Crippen MR) is 101 cm³/mol. The third-order valence-electron chi connectivity index (χ3n) is 4.59. The second kappa shape index (κ2) is 8.13. The minimum absolute atomic E-state index is 0.0869. The lowest BCUT2D eigenvalue weighted by atomic mass is 10.00. The summed E-state index contributed by atoms with van der Waals surface area (Å²) in [6.45, 7) is 5.58. The van der Waals surface area contributed by atoms with Gasteiger partial charge in [0.05, 0.1) is 25.0 Å². The van der Waals surface area contributed by atoms with Crippen molar-refractivity contribution in [3.63, 3.8) is 0 Å². The Bertz CT molecular complexity index is 819. The van der Waals surface area contributed by atoms with Crippen LogP contribution in [0, 0.1) is 5.92 Å². The third kappa shape index (κ3) is 4.28. The molecule has 0 saturated heterocycles. The monoisotopic (exact) mass is 351 g/mol. The molecule has 0 radical (unpaired) electrons. The highest BCUT2D eigenvalue weighted by atomic mass is 16.2. The number of carbonyl (C=O) groups is 2. The lowest BCUT2D eigenvalue weighted by Gasteiger charge is -2.12. The molecule has 1 aliphatic rings. The number of Topliss-reactive ketones (excluding diaryl/α,β-unsaturated/α-hetero) is 1. The summed E-state index contributed by atoms with van der Waals surface area (Å²) in [5, 5.41) is 2.93. The molecule has 5 nitrogen and oxygen atoms in total. The van der Waals surface area contributed by atoms with Crippen molar-refractivity contribution >= 4 is 17.3 Å². The van der Waals surface area contributed by atoms with E-state index < -0.39 is 0 Å². The van der Waals surface area contributed by atoms with Crippen LogP contribution in [0.3, 0.4) is 0 Å². The summed E-state index contributed by atoms with van der Waals surface area (Å²) in [4.78, 5) is 28.8. The summed E-state index contributed by atoms with van der Waals surface area (Å²) < 4.78 is 2.06. The first-order chi connectivity index (χ1) is 12.5. The zero-order chi connectivity index (χ0) is 18.5. The van der Waals surface area contributed by atoms with E-state index in [2.05, 4.69) is 28.7 Å². The van der Waals surface area contributed by atoms with Gasteiger partial charge in [-0.05, 0) is 23.5 Å². The van der Waals surface area contributed by atoms with E-state index in [0.29, 0.717) is 30.9 Å². The molecular formula is C21H25N3O2. The van der Waals surface area contributed by atoms with Crippen molar-refractivity contribution in [3.8, 4) is 0 Å². The van der Waals surface area contributed by atoms with E-state index in [0.717, 1.165) is 23.4 Å². The molecule has 0 spiro atoms. The van der Waals surface area contributed by atoms with Gasteiger partial charge in [-0.2, -0.15) is 0 Å². The number of rotatable bonds is 7. The van der Waals surface area contributed by atoms with Gasteiger partial charge in [0.25, 0.3) is 0 Å². The smallest absolute Gasteiger partial charge is 0.224 e. The molecule has 1 amide bonds. The highest BCUT2D eigenvalue weighted by Crippen LogP contribution is 2.33. The van der Waals surface area contributed by atoms with Crippen LogP contribution in [0.25, 0.3) is 5.57 Å². The zero-order valence-corrected chi connectivity index (χ0v) is 15.4. The van der Waals surface area contributed by atoms with Crippen molar-refractivity contribution in [2.75, 3.05) is 0 Å². The Labute approximate surface area is 154 Å². The normalized spacial score (nSPS) is 14.3. The van der Waals surface area contributed by atoms with Crippen LogP contribution in [0.2, 0.25) is 0 Å². The predicted octanol–water partition coefficient (Wildman–Crippen LogP) is 3.36. The Morgan fingerprint density at radius 2 is 2.00 bits per heavy atom. The van der Waals surface area contributed by atoms with Crippen LogP contribution < -0.4 is 5.32 Å². The lowest BCUT2D eigenvalue weighted by Crippen LogP contribution is -2.25. The molecule has 5 heteroatoms. The quantitative estimate of drug-likeness (QED) is 0.832. The molecule has 1 N–H and O–H groups in total. The van der Waals surface area contributed by atoms with E-state index in [1.807, 2.05) is 30.3 Å². The first-order valence-corrected chi connectivity index (χ1v) is 9.11. The molecule has 0 fully saturated rings. The van der Waals surface area contributed by atoms with Crippen LogP contribution in [-0.2, 0) is 22.7 Å². The van der Waals surface area contributed by atoms with E-state index in [9.17, 15) is 9.59 Å². The van der Waals surface area contributed by atoms with Crippen LogP contribution >= 0.6 is 0 Å². The minimum Gasteiger partial charge on any atom is -0.350 e. The van der Waals surface area contributed by atoms with Gasteiger partial charge in [-0.3, -0.25) is 9.59 Å². The maximum Gasteiger partial charge on any atom is 0.224 e. The van der Waals surface area contributed by atoms with E-state index in [1.165, 1.54) is 0 Å². The molecule has 26 heavy (non-hydrogen) atoms. The molecule has 136 valence electrons. The summed E-state index contributed by atoms with van der Waals surface area (Å²) in [5.74, 6) is 0.471. The van der Waals surface area contributed by atoms with Gasteiger partial charge in [0.15, 0.2) is 5.78 Å². The van der Waals surface area contributed by atoms with Crippen LogP contribution in [0.15, 0.2) is 48.4 Å².